The first-order chi connectivity index (χ1) is 12.3. The van der Waals surface area contributed by atoms with Gasteiger partial charge in [-0.05, 0) is 55.0 Å². The smallest absolute Gasteiger partial charge is 0.119 e. The van der Waals surface area contributed by atoms with E-state index >= 15 is 0 Å². The Morgan fingerprint density at radius 3 is 2.16 bits per heavy atom. The number of rotatable bonds is 12. The fourth-order valence-electron chi connectivity index (χ4n) is 2.91. The van der Waals surface area contributed by atoms with Gasteiger partial charge in [-0.25, -0.2) is 0 Å². The van der Waals surface area contributed by atoms with Crippen LogP contribution in [-0.2, 0) is 19.3 Å². The molecule has 0 saturated heterocycles. The fourth-order valence-corrected chi connectivity index (χ4v) is 2.91. The van der Waals surface area contributed by atoms with Crippen molar-refractivity contribution >= 4 is 0 Å². The number of hydrogen-bond donors (Lipinski definition) is 0. The lowest BCUT2D eigenvalue weighted by atomic mass is 10.1. The van der Waals surface area contributed by atoms with Crippen LogP contribution in [0.4, 0.5) is 0 Å². The average Bonchev–Trinajstić information content (AvgIpc) is 2.67. The number of ether oxygens (including phenoxy) is 1. The largest absolute Gasteiger partial charge is 0.494 e. The van der Waals surface area contributed by atoms with Gasteiger partial charge in [-0.15, -0.1) is 0 Å². The molecular weight excluding hydrogens is 306 g/mol. The molecule has 0 atom stereocenters. The van der Waals surface area contributed by atoms with Gasteiger partial charge in [0.15, 0.2) is 0 Å². The van der Waals surface area contributed by atoms with Crippen LogP contribution in [0.15, 0.2) is 42.6 Å². The van der Waals surface area contributed by atoms with E-state index in [-0.39, 0.29) is 0 Å². The monoisotopic (exact) mass is 339 g/mol. The first-order valence-electron chi connectivity index (χ1n) is 9.97. The van der Waals surface area contributed by atoms with E-state index in [1.54, 1.807) is 0 Å². The van der Waals surface area contributed by atoms with Gasteiger partial charge >= 0.3 is 0 Å². The van der Waals surface area contributed by atoms with Crippen molar-refractivity contribution in [2.75, 3.05) is 6.61 Å². The van der Waals surface area contributed by atoms with Gasteiger partial charge in [-0.2, -0.15) is 0 Å². The van der Waals surface area contributed by atoms with Crippen LogP contribution in [0.2, 0.25) is 0 Å². The highest BCUT2D eigenvalue weighted by Gasteiger charge is 2.00. The van der Waals surface area contributed by atoms with Crippen LogP contribution in [0, 0.1) is 0 Å². The minimum absolute atomic E-state index is 0.833. The van der Waals surface area contributed by atoms with Crippen LogP contribution in [0.25, 0.3) is 0 Å². The summed E-state index contributed by atoms with van der Waals surface area (Å²) in [7, 11) is 0. The summed E-state index contributed by atoms with van der Waals surface area (Å²) < 4.78 is 5.84. The zero-order valence-corrected chi connectivity index (χ0v) is 16.0. The maximum Gasteiger partial charge on any atom is 0.119 e. The van der Waals surface area contributed by atoms with Crippen LogP contribution < -0.4 is 4.74 Å². The van der Waals surface area contributed by atoms with Crippen LogP contribution in [0.3, 0.4) is 0 Å². The van der Waals surface area contributed by atoms with E-state index in [0.717, 1.165) is 38.0 Å². The zero-order chi connectivity index (χ0) is 17.7. The minimum Gasteiger partial charge on any atom is -0.494 e. The van der Waals surface area contributed by atoms with Crippen molar-refractivity contribution in [3.05, 3.63) is 59.4 Å². The first kappa shape index (κ1) is 19.5. The van der Waals surface area contributed by atoms with Gasteiger partial charge in [-0.3, -0.25) is 4.98 Å². The average molecular weight is 340 g/mol. The molecule has 0 N–H and O–H groups in total. The molecule has 1 heterocycles. The molecule has 136 valence electrons. The number of benzene rings is 1. The molecular formula is C23H33NO. The summed E-state index contributed by atoms with van der Waals surface area (Å²) in [5.74, 6) is 0.989. The van der Waals surface area contributed by atoms with Crippen LogP contribution in [-0.4, -0.2) is 11.6 Å². The van der Waals surface area contributed by atoms with Crippen molar-refractivity contribution in [3.8, 4) is 5.75 Å². The molecule has 0 unspecified atom stereocenters. The van der Waals surface area contributed by atoms with E-state index in [4.69, 9.17) is 4.74 Å². The quantitative estimate of drug-likeness (QED) is 0.431. The molecule has 25 heavy (non-hydrogen) atoms. The Balaban J connectivity index is 1.65. The third-order valence-corrected chi connectivity index (χ3v) is 4.65. The van der Waals surface area contributed by atoms with Gasteiger partial charge in [0.25, 0.3) is 0 Å². The predicted molar refractivity (Wildman–Crippen MR) is 106 cm³/mol. The van der Waals surface area contributed by atoms with E-state index in [1.165, 1.54) is 48.9 Å². The molecule has 1 aromatic carbocycles. The Morgan fingerprint density at radius 1 is 0.760 bits per heavy atom. The zero-order valence-electron chi connectivity index (χ0n) is 16.0. The molecule has 0 aliphatic heterocycles. The van der Waals surface area contributed by atoms with E-state index in [2.05, 4.69) is 55.2 Å². The van der Waals surface area contributed by atoms with E-state index in [1.807, 2.05) is 6.20 Å². The Bertz CT molecular complexity index is 574. The van der Waals surface area contributed by atoms with Crippen LogP contribution >= 0.6 is 0 Å². The lowest BCUT2D eigenvalue weighted by Gasteiger charge is -2.07. The number of pyridine rings is 1. The van der Waals surface area contributed by atoms with Crippen molar-refractivity contribution in [1.29, 1.82) is 0 Å². The van der Waals surface area contributed by atoms with Crippen molar-refractivity contribution in [3.63, 3.8) is 0 Å². The van der Waals surface area contributed by atoms with Crippen molar-refractivity contribution in [2.45, 2.75) is 71.6 Å². The molecule has 2 aromatic rings. The molecule has 0 saturated carbocycles. The van der Waals surface area contributed by atoms with Crippen molar-refractivity contribution in [2.24, 2.45) is 0 Å². The number of hydrogen-bond acceptors (Lipinski definition) is 2. The molecule has 0 aliphatic rings. The Labute approximate surface area is 153 Å². The molecule has 1 aromatic heterocycles. The predicted octanol–water partition coefficient (Wildman–Crippen LogP) is 6.17. The van der Waals surface area contributed by atoms with Gasteiger partial charge in [0.2, 0.25) is 0 Å². The second-order valence-corrected chi connectivity index (χ2v) is 6.77. The lowest BCUT2D eigenvalue weighted by molar-refractivity contribution is 0.304. The molecule has 2 rings (SSSR count). The number of nitrogens with zero attached hydrogens (tertiary/aromatic N) is 1. The number of aryl methyl sites for hydroxylation is 3. The maximum absolute atomic E-state index is 5.84. The van der Waals surface area contributed by atoms with Crippen LogP contribution in [0.5, 0.6) is 5.75 Å². The highest BCUT2D eigenvalue weighted by Crippen LogP contribution is 2.15. The Hall–Kier alpha value is -1.83. The molecule has 0 fully saturated rings. The van der Waals surface area contributed by atoms with Crippen LogP contribution in [0.1, 0.15) is 69.2 Å². The lowest BCUT2D eigenvalue weighted by Crippen LogP contribution is -1.98. The number of aromatic nitrogens is 1. The van der Waals surface area contributed by atoms with Crippen molar-refractivity contribution < 1.29 is 4.74 Å². The van der Waals surface area contributed by atoms with E-state index < -0.39 is 0 Å². The van der Waals surface area contributed by atoms with E-state index in [0.29, 0.717) is 0 Å². The molecule has 2 heteroatoms. The minimum atomic E-state index is 0.833. The highest BCUT2D eigenvalue weighted by molar-refractivity contribution is 5.28. The topological polar surface area (TPSA) is 22.1 Å². The fraction of sp³-hybridized carbons (Fsp3) is 0.522. The van der Waals surface area contributed by atoms with Gasteiger partial charge in [0, 0.05) is 11.9 Å². The summed E-state index contributed by atoms with van der Waals surface area (Å²) in [4.78, 5) is 4.53. The number of unbranched alkanes of at least 4 members (excludes halogenated alkanes) is 5. The summed E-state index contributed by atoms with van der Waals surface area (Å²) in [6.07, 6.45) is 12.9. The normalized spacial score (nSPS) is 10.8. The standard InChI is InChI=1S/C23H33NO/c1-3-5-6-7-8-9-18-25-23-16-12-21(13-17-23)11-15-22-14-10-20(4-2)19-24-22/h10,12-14,16-17,19H,3-9,11,15,18H2,1-2H3. The third-order valence-electron chi connectivity index (χ3n) is 4.65. The van der Waals surface area contributed by atoms with Gasteiger partial charge in [-0.1, -0.05) is 64.2 Å². The SMILES string of the molecule is CCCCCCCCOc1ccc(CCc2ccc(CC)cn2)cc1. The summed E-state index contributed by atoms with van der Waals surface area (Å²) >= 11 is 0. The molecule has 0 spiro atoms. The molecule has 0 aliphatic carbocycles. The third kappa shape index (κ3) is 7.72. The summed E-state index contributed by atoms with van der Waals surface area (Å²) in [6, 6.07) is 12.9. The Kier molecular flexibility index (Phi) is 9.11. The Morgan fingerprint density at radius 2 is 1.48 bits per heavy atom. The molecule has 0 bridgehead atoms. The van der Waals surface area contributed by atoms with Crippen molar-refractivity contribution in [1.82, 2.24) is 4.98 Å². The molecule has 0 amide bonds. The van der Waals surface area contributed by atoms with Gasteiger partial charge < -0.3 is 4.74 Å². The molecule has 2 nitrogen and oxygen atoms in total. The van der Waals surface area contributed by atoms with E-state index in [9.17, 15) is 0 Å². The van der Waals surface area contributed by atoms with Gasteiger partial charge in [0.1, 0.15) is 5.75 Å². The maximum atomic E-state index is 5.84. The second kappa shape index (κ2) is 11.7. The summed E-state index contributed by atoms with van der Waals surface area (Å²) in [5.41, 5.74) is 3.81. The summed E-state index contributed by atoms with van der Waals surface area (Å²) in [6.45, 7) is 5.25. The molecule has 0 radical (unpaired) electrons. The summed E-state index contributed by atoms with van der Waals surface area (Å²) in [5, 5.41) is 0. The highest BCUT2D eigenvalue weighted by atomic mass is 16.5. The first-order valence-corrected chi connectivity index (χ1v) is 9.97. The second-order valence-electron chi connectivity index (χ2n) is 6.77. The van der Waals surface area contributed by atoms with Gasteiger partial charge in [0.05, 0.1) is 6.61 Å².